The van der Waals surface area contributed by atoms with Crippen molar-refractivity contribution in [1.82, 2.24) is 5.43 Å². The van der Waals surface area contributed by atoms with Crippen LogP contribution in [0.3, 0.4) is 0 Å². The zero-order chi connectivity index (χ0) is 12.4. The highest BCUT2D eigenvalue weighted by atomic mass is 35.5. The van der Waals surface area contributed by atoms with Gasteiger partial charge in [0.2, 0.25) is 0 Å². The van der Waals surface area contributed by atoms with Crippen LogP contribution in [0.2, 0.25) is 10.0 Å². The molecule has 0 bridgehead atoms. The van der Waals surface area contributed by atoms with Gasteiger partial charge in [0.1, 0.15) is 0 Å². The first-order chi connectivity index (χ1) is 8.13. The van der Waals surface area contributed by atoms with Gasteiger partial charge in [-0.05, 0) is 35.6 Å². The second kappa shape index (κ2) is 5.38. The molecule has 0 spiro atoms. The second-order valence-corrected chi connectivity index (χ2v) is 5.52. The number of halogens is 2. The molecule has 0 saturated heterocycles. The lowest BCUT2D eigenvalue weighted by atomic mass is 10.0. The van der Waals surface area contributed by atoms with Crippen LogP contribution in [0.1, 0.15) is 22.0 Å². The van der Waals surface area contributed by atoms with Crippen LogP contribution in [0.5, 0.6) is 0 Å². The molecule has 0 amide bonds. The third-order valence-electron chi connectivity index (χ3n) is 2.54. The topological polar surface area (TPSA) is 38.0 Å². The first-order valence-electron chi connectivity index (χ1n) is 5.08. The lowest BCUT2D eigenvalue weighted by Crippen LogP contribution is -2.28. The van der Waals surface area contributed by atoms with Gasteiger partial charge in [0.25, 0.3) is 0 Å². The number of hydrazine groups is 1. The lowest BCUT2D eigenvalue weighted by molar-refractivity contribution is 0.647. The summed E-state index contributed by atoms with van der Waals surface area (Å²) in [6.45, 7) is 2.00. The highest BCUT2D eigenvalue weighted by Gasteiger charge is 2.19. The van der Waals surface area contributed by atoms with Gasteiger partial charge in [0.05, 0.1) is 11.1 Å². The van der Waals surface area contributed by atoms with Crippen LogP contribution >= 0.6 is 34.5 Å². The number of nitrogens with one attached hydrogen (secondary N) is 1. The number of hydrogen-bond donors (Lipinski definition) is 2. The van der Waals surface area contributed by atoms with Crippen LogP contribution in [0.15, 0.2) is 29.6 Å². The van der Waals surface area contributed by atoms with Crippen molar-refractivity contribution < 1.29 is 0 Å². The van der Waals surface area contributed by atoms with Crippen LogP contribution in [0.4, 0.5) is 0 Å². The molecule has 17 heavy (non-hydrogen) atoms. The van der Waals surface area contributed by atoms with Gasteiger partial charge in [-0.15, -0.1) is 11.3 Å². The fourth-order valence-corrected chi connectivity index (χ4v) is 3.27. The van der Waals surface area contributed by atoms with E-state index in [0.717, 1.165) is 16.0 Å². The highest BCUT2D eigenvalue weighted by Crippen LogP contribution is 2.35. The molecular weight excluding hydrogens is 275 g/mol. The van der Waals surface area contributed by atoms with E-state index in [-0.39, 0.29) is 6.04 Å². The van der Waals surface area contributed by atoms with Gasteiger partial charge in [0, 0.05) is 9.90 Å². The van der Waals surface area contributed by atoms with Gasteiger partial charge in [0.15, 0.2) is 0 Å². The van der Waals surface area contributed by atoms with Crippen molar-refractivity contribution in [3.05, 3.63) is 55.7 Å². The van der Waals surface area contributed by atoms with Gasteiger partial charge >= 0.3 is 0 Å². The standard InChI is InChI=1S/C12H12Cl2N2S/c1-7-2-3-8(10(14)6-7)11(16-15)12-9(13)4-5-17-12/h2-6,11,16H,15H2,1H3. The Morgan fingerprint density at radius 3 is 2.53 bits per heavy atom. The summed E-state index contributed by atoms with van der Waals surface area (Å²) in [5.41, 5.74) is 4.82. The van der Waals surface area contributed by atoms with E-state index in [1.807, 2.05) is 36.6 Å². The molecule has 0 aliphatic rings. The fraction of sp³-hybridized carbons (Fsp3) is 0.167. The first kappa shape index (κ1) is 12.9. The van der Waals surface area contributed by atoms with Crippen molar-refractivity contribution >= 4 is 34.5 Å². The third kappa shape index (κ3) is 2.64. The predicted molar refractivity (Wildman–Crippen MR) is 74.7 cm³/mol. The van der Waals surface area contributed by atoms with Crippen molar-refractivity contribution in [2.75, 3.05) is 0 Å². The van der Waals surface area contributed by atoms with Crippen LogP contribution in [0, 0.1) is 6.92 Å². The zero-order valence-electron chi connectivity index (χ0n) is 9.21. The highest BCUT2D eigenvalue weighted by molar-refractivity contribution is 7.10. The zero-order valence-corrected chi connectivity index (χ0v) is 11.5. The largest absolute Gasteiger partial charge is 0.271 e. The molecule has 2 aromatic rings. The van der Waals surface area contributed by atoms with E-state index in [0.29, 0.717) is 10.0 Å². The smallest absolute Gasteiger partial charge is 0.0831 e. The molecule has 1 aromatic carbocycles. The normalized spacial score (nSPS) is 12.7. The summed E-state index contributed by atoms with van der Waals surface area (Å²) < 4.78 is 0. The van der Waals surface area contributed by atoms with Gasteiger partial charge in [-0.3, -0.25) is 5.84 Å². The molecule has 0 aliphatic heterocycles. The van der Waals surface area contributed by atoms with Crippen LogP contribution in [-0.4, -0.2) is 0 Å². The van der Waals surface area contributed by atoms with Gasteiger partial charge in [-0.1, -0.05) is 35.3 Å². The minimum atomic E-state index is -0.171. The molecular formula is C12H12Cl2N2S. The summed E-state index contributed by atoms with van der Waals surface area (Å²) in [7, 11) is 0. The number of benzene rings is 1. The number of thiophene rings is 1. The van der Waals surface area contributed by atoms with E-state index >= 15 is 0 Å². The van der Waals surface area contributed by atoms with Crippen molar-refractivity contribution in [3.63, 3.8) is 0 Å². The quantitative estimate of drug-likeness (QED) is 0.663. The Balaban J connectivity index is 2.46. The Hall–Kier alpha value is -0.580. The van der Waals surface area contributed by atoms with E-state index in [1.54, 1.807) is 11.3 Å². The predicted octanol–water partition coefficient (Wildman–Crippen LogP) is 3.92. The molecule has 0 fully saturated rings. The molecule has 90 valence electrons. The Kier molecular flexibility index (Phi) is 4.07. The third-order valence-corrected chi connectivity index (χ3v) is 4.29. The molecule has 1 heterocycles. The molecule has 1 unspecified atom stereocenters. The van der Waals surface area contributed by atoms with Crippen molar-refractivity contribution in [3.8, 4) is 0 Å². The molecule has 0 aliphatic carbocycles. The summed E-state index contributed by atoms with van der Waals surface area (Å²) in [6.07, 6.45) is 0. The van der Waals surface area contributed by atoms with Crippen molar-refractivity contribution in [2.24, 2.45) is 5.84 Å². The Labute approximate surface area is 114 Å². The maximum atomic E-state index is 6.24. The van der Waals surface area contributed by atoms with E-state index < -0.39 is 0 Å². The van der Waals surface area contributed by atoms with E-state index in [1.165, 1.54) is 0 Å². The van der Waals surface area contributed by atoms with Gasteiger partial charge < -0.3 is 0 Å². The van der Waals surface area contributed by atoms with E-state index in [9.17, 15) is 0 Å². The van der Waals surface area contributed by atoms with Crippen LogP contribution in [-0.2, 0) is 0 Å². The minimum absolute atomic E-state index is 0.171. The lowest BCUT2D eigenvalue weighted by Gasteiger charge is -2.17. The van der Waals surface area contributed by atoms with E-state index in [2.05, 4.69) is 5.43 Å². The fourth-order valence-electron chi connectivity index (χ4n) is 1.68. The molecule has 1 atom stereocenters. The monoisotopic (exact) mass is 286 g/mol. The number of aryl methyl sites for hydroxylation is 1. The summed E-state index contributed by atoms with van der Waals surface area (Å²) in [6, 6.07) is 7.58. The van der Waals surface area contributed by atoms with Crippen molar-refractivity contribution in [2.45, 2.75) is 13.0 Å². The molecule has 5 heteroatoms. The average molecular weight is 287 g/mol. The van der Waals surface area contributed by atoms with Crippen LogP contribution < -0.4 is 11.3 Å². The minimum Gasteiger partial charge on any atom is -0.271 e. The van der Waals surface area contributed by atoms with E-state index in [4.69, 9.17) is 29.0 Å². The summed E-state index contributed by atoms with van der Waals surface area (Å²) in [5.74, 6) is 5.61. The molecule has 0 radical (unpaired) electrons. The SMILES string of the molecule is Cc1ccc(C(NN)c2sccc2Cl)c(Cl)c1. The summed E-state index contributed by atoms with van der Waals surface area (Å²) >= 11 is 13.9. The molecule has 2 nitrogen and oxygen atoms in total. The van der Waals surface area contributed by atoms with Gasteiger partial charge in [-0.25, -0.2) is 5.43 Å². The summed E-state index contributed by atoms with van der Waals surface area (Å²) in [5, 5.41) is 3.33. The Bertz CT molecular complexity index is 525. The molecule has 3 N–H and O–H groups in total. The maximum Gasteiger partial charge on any atom is 0.0831 e. The second-order valence-electron chi connectivity index (χ2n) is 3.76. The number of rotatable bonds is 3. The van der Waals surface area contributed by atoms with Crippen LogP contribution in [0.25, 0.3) is 0 Å². The average Bonchev–Trinajstić information content (AvgIpc) is 2.69. The summed E-state index contributed by atoms with van der Waals surface area (Å²) in [4.78, 5) is 0.972. The van der Waals surface area contributed by atoms with Crippen molar-refractivity contribution in [1.29, 1.82) is 0 Å². The molecule has 1 aromatic heterocycles. The first-order valence-corrected chi connectivity index (χ1v) is 6.72. The Morgan fingerprint density at radius 1 is 1.24 bits per heavy atom. The number of hydrogen-bond acceptors (Lipinski definition) is 3. The Morgan fingerprint density at radius 2 is 2.00 bits per heavy atom. The molecule has 0 saturated carbocycles. The molecule has 2 rings (SSSR count). The maximum absolute atomic E-state index is 6.24. The van der Waals surface area contributed by atoms with Gasteiger partial charge in [-0.2, -0.15) is 0 Å². The number of nitrogens with two attached hydrogens (primary N) is 1.